The van der Waals surface area contributed by atoms with E-state index >= 15 is 0 Å². The van der Waals surface area contributed by atoms with E-state index in [0.29, 0.717) is 17.9 Å². The molecule has 0 saturated heterocycles. The molecule has 1 N–H and O–H groups in total. The van der Waals surface area contributed by atoms with Gasteiger partial charge in [-0.1, -0.05) is 57.1 Å². The summed E-state index contributed by atoms with van der Waals surface area (Å²) in [4.78, 5) is 11.5. The Labute approximate surface area is 124 Å². The van der Waals surface area contributed by atoms with Crippen LogP contribution in [0.4, 0.5) is 0 Å². The second-order valence-corrected chi connectivity index (χ2v) is 6.21. The van der Waals surface area contributed by atoms with E-state index < -0.39 is 5.97 Å². The van der Waals surface area contributed by atoms with Gasteiger partial charge in [-0.15, -0.1) is 0 Å². The summed E-state index contributed by atoms with van der Waals surface area (Å²) in [5.74, 6) is -0.547. The number of aromatic carboxylic acids is 1. The van der Waals surface area contributed by atoms with Gasteiger partial charge in [-0.25, -0.2) is 4.79 Å². The van der Waals surface area contributed by atoms with E-state index in [2.05, 4.69) is 25.9 Å². The van der Waals surface area contributed by atoms with Crippen molar-refractivity contribution in [1.29, 1.82) is 0 Å². The number of aryl methyl sites for hydroxylation is 1. The average molecular weight is 287 g/mol. The predicted octanol–water partition coefficient (Wildman–Crippen LogP) is 4.29. The van der Waals surface area contributed by atoms with E-state index in [0.717, 1.165) is 12.0 Å². The number of hydrogen-bond acceptors (Lipinski definition) is 3. The molecule has 0 radical (unpaired) electrons. The van der Waals surface area contributed by atoms with Crippen LogP contribution < -0.4 is 0 Å². The van der Waals surface area contributed by atoms with Gasteiger partial charge in [-0.05, 0) is 17.4 Å². The fraction of sp³-hybridized carbons (Fsp3) is 0.412. The number of carbonyl (C=O) groups is 1. The van der Waals surface area contributed by atoms with Gasteiger partial charge < -0.3 is 9.63 Å². The van der Waals surface area contributed by atoms with Crippen molar-refractivity contribution in [2.24, 2.45) is 0 Å². The van der Waals surface area contributed by atoms with E-state index in [9.17, 15) is 9.90 Å². The number of aromatic nitrogens is 1. The van der Waals surface area contributed by atoms with E-state index in [4.69, 9.17) is 4.52 Å². The van der Waals surface area contributed by atoms with Crippen molar-refractivity contribution >= 4 is 5.97 Å². The monoisotopic (exact) mass is 287 g/mol. The van der Waals surface area contributed by atoms with E-state index in [1.807, 2.05) is 31.2 Å². The summed E-state index contributed by atoms with van der Waals surface area (Å²) in [6.07, 6.45) is 1.40. The van der Waals surface area contributed by atoms with E-state index in [1.165, 1.54) is 5.56 Å². The molecule has 0 amide bonds. The Bertz CT molecular complexity index is 633. The topological polar surface area (TPSA) is 63.3 Å². The zero-order valence-corrected chi connectivity index (χ0v) is 12.9. The molecule has 2 aromatic rings. The zero-order valence-electron chi connectivity index (χ0n) is 12.9. The number of carboxylic acid groups (broad SMARTS) is 1. The minimum absolute atomic E-state index is 0.0609. The van der Waals surface area contributed by atoms with Gasteiger partial charge >= 0.3 is 5.97 Å². The third-order valence-electron chi connectivity index (χ3n) is 3.48. The molecule has 0 aliphatic rings. The molecule has 1 aromatic carbocycles. The molecule has 2 rings (SSSR count). The lowest BCUT2D eigenvalue weighted by Gasteiger charge is -2.18. The first-order valence-corrected chi connectivity index (χ1v) is 7.17. The fourth-order valence-corrected chi connectivity index (χ4v) is 2.27. The molecule has 4 heteroatoms. The molecule has 0 aliphatic heterocycles. The van der Waals surface area contributed by atoms with Crippen molar-refractivity contribution in [3.05, 3.63) is 41.2 Å². The molecule has 0 saturated carbocycles. The molecule has 4 nitrogen and oxygen atoms in total. The van der Waals surface area contributed by atoms with Crippen molar-refractivity contribution in [2.75, 3.05) is 0 Å². The van der Waals surface area contributed by atoms with Gasteiger partial charge in [0, 0.05) is 12.0 Å². The summed E-state index contributed by atoms with van der Waals surface area (Å²) >= 11 is 0. The Kier molecular flexibility index (Phi) is 4.16. The van der Waals surface area contributed by atoms with Crippen molar-refractivity contribution < 1.29 is 14.4 Å². The lowest BCUT2D eigenvalue weighted by Crippen LogP contribution is -2.10. The number of rotatable bonds is 4. The zero-order chi connectivity index (χ0) is 15.6. The largest absolute Gasteiger partial charge is 0.477 e. The van der Waals surface area contributed by atoms with Gasteiger partial charge in [-0.3, -0.25) is 0 Å². The highest BCUT2D eigenvalue weighted by molar-refractivity contribution is 5.95. The number of nitrogens with zero attached hydrogens (tertiary/aromatic N) is 1. The van der Waals surface area contributed by atoms with Crippen LogP contribution in [0.15, 0.2) is 28.8 Å². The van der Waals surface area contributed by atoms with Gasteiger partial charge in [0.05, 0.1) is 0 Å². The maximum absolute atomic E-state index is 11.5. The molecule has 1 aromatic heterocycles. The predicted molar refractivity (Wildman–Crippen MR) is 81.6 cm³/mol. The Morgan fingerprint density at radius 2 is 1.86 bits per heavy atom. The summed E-state index contributed by atoms with van der Waals surface area (Å²) in [6.45, 7) is 8.40. The maximum Gasteiger partial charge on any atom is 0.341 e. The molecule has 0 unspecified atom stereocenters. The van der Waals surface area contributed by atoms with Crippen molar-refractivity contribution in [2.45, 2.75) is 46.0 Å². The van der Waals surface area contributed by atoms with Crippen LogP contribution in [0.2, 0.25) is 0 Å². The van der Waals surface area contributed by atoms with Crippen molar-refractivity contribution in [1.82, 2.24) is 5.16 Å². The van der Waals surface area contributed by atoms with Gasteiger partial charge in [0.2, 0.25) is 0 Å². The normalized spacial score (nSPS) is 11.6. The second-order valence-electron chi connectivity index (χ2n) is 6.21. The second kappa shape index (κ2) is 5.72. The first kappa shape index (κ1) is 15.3. The van der Waals surface area contributed by atoms with Gasteiger partial charge in [0.1, 0.15) is 11.3 Å². The maximum atomic E-state index is 11.5. The standard InChI is InChI=1S/C17H21NO3/c1-5-6-13-14(16(19)20)15(18-21-13)11-7-9-12(10-8-11)17(2,3)4/h7-10H,5-6H2,1-4H3,(H,19,20). The summed E-state index contributed by atoms with van der Waals surface area (Å²) in [5.41, 5.74) is 2.62. The summed E-state index contributed by atoms with van der Waals surface area (Å²) < 4.78 is 5.22. The molecule has 112 valence electrons. The fourth-order valence-electron chi connectivity index (χ4n) is 2.27. The van der Waals surface area contributed by atoms with Crippen molar-refractivity contribution in [3.63, 3.8) is 0 Å². The first-order chi connectivity index (χ1) is 9.84. The Morgan fingerprint density at radius 3 is 2.33 bits per heavy atom. The van der Waals surface area contributed by atoms with Gasteiger partial charge in [-0.2, -0.15) is 0 Å². The minimum Gasteiger partial charge on any atom is -0.477 e. The summed E-state index contributed by atoms with van der Waals surface area (Å²) in [7, 11) is 0. The lowest BCUT2D eigenvalue weighted by atomic mass is 9.86. The molecule has 0 spiro atoms. The Hall–Kier alpha value is -2.10. The molecule has 0 atom stereocenters. The molecular weight excluding hydrogens is 266 g/mol. The van der Waals surface area contributed by atoms with Crippen LogP contribution in [0.5, 0.6) is 0 Å². The van der Waals surface area contributed by atoms with Crippen LogP contribution in [0.3, 0.4) is 0 Å². The SMILES string of the molecule is CCCc1onc(-c2ccc(C(C)(C)C)cc2)c1C(=O)O. The molecule has 1 heterocycles. The highest BCUT2D eigenvalue weighted by Gasteiger charge is 2.23. The van der Waals surface area contributed by atoms with Gasteiger partial charge in [0.15, 0.2) is 5.76 Å². The molecule has 0 fully saturated rings. The molecule has 0 bridgehead atoms. The number of benzene rings is 1. The van der Waals surface area contributed by atoms with Crippen LogP contribution >= 0.6 is 0 Å². The highest BCUT2D eigenvalue weighted by atomic mass is 16.5. The number of carboxylic acids is 1. The molecular formula is C17H21NO3. The van der Waals surface area contributed by atoms with Crippen LogP contribution in [-0.4, -0.2) is 16.2 Å². The van der Waals surface area contributed by atoms with Crippen LogP contribution in [0.25, 0.3) is 11.3 Å². The van der Waals surface area contributed by atoms with E-state index in [1.54, 1.807) is 0 Å². The minimum atomic E-state index is -0.991. The lowest BCUT2D eigenvalue weighted by molar-refractivity contribution is 0.0695. The van der Waals surface area contributed by atoms with E-state index in [-0.39, 0.29) is 11.0 Å². The molecule has 0 aliphatic carbocycles. The Morgan fingerprint density at radius 1 is 1.24 bits per heavy atom. The highest BCUT2D eigenvalue weighted by Crippen LogP contribution is 2.29. The van der Waals surface area contributed by atoms with Crippen LogP contribution in [0.1, 0.15) is 55.8 Å². The van der Waals surface area contributed by atoms with Gasteiger partial charge in [0.25, 0.3) is 0 Å². The van der Waals surface area contributed by atoms with Crippen LogP contribution in [0, 0.1) is 0 Å². The smallest absolute Gasteiger partial charge is 0.341 e. The summed E-state index contributed by atoms with van der Waals surface area (Å²) in [6, 6.07) is 7.82. The first-order valence-electron chi connectivity index (χ1n) is 7.17. The molecule has 21 heavy (non-hydrogen) atoms. The number of hydrogen-bond donors (Lipinski definition) is 1. The Balaban J connectivity index is 2.45. The van der Waals surface area contributed by atoms with Crippen LogP contribution in [-0.2, 0) is 11.8 Å². The quantitative estimate of drug-likeness (QED) is 0.911. The third-order valence-corrected chi connectivity index (χ3v) is 3.48. The third kappa shape index (κ3) is 3.15. The average Bonchev–Trinajstić information content (AvgIpc) is 2.82. The van der Waals surface area contributed by atoms with Crippen molar-refractivity contribution in [3.8, 4) is 11.3 Å². The summed E-state index contributed by atoms with van der Waals surface area (Å²) in [5, 5.41) is 13.4.